The molecule has 0 aliphatic carbocycles. The predicted molar refractivity (Wildman–Crippen MR) is 230 cm³/mol. The first-order chi connectivity index (χ1) is 25.7. The molecule has 3 N–H and O–H groups in total. The third kappa shape index (κ3) is 39.8. The smallest absolute Gasteiger partial charge is 0.220 e. The minimum atomic E-state index is -0.842. The predicted octanol–water partition coefficient (Wildman–Crippen LogP) is 14.6. The molecule has 2 unspecified atom stereocenters. The molecule has 0 fully saturated rings. The minimum Gasteiger partial charge on any atom is -0.394 e. The molecule has 52 heavy (non-hydrogen) atoms. The van der Waals surface area contributed by atoms with Gasteiger partial charge in [-0.3, -0.25) is 4.79 Å². The quantitative estimate of drug-likeness (QED) is 0.0433. The van der Waals surface area contributed by atoms with Gasteiger partial charge >= 0.3 is 0 Å². The zero-order chi connectivity index (χ0) is 37.8. The fourth-order valence-electron chi connectivity index (χ4n) is 7.03. The normalized spacial score (nSPS) is 13.2. The van der Waals surface area contributed by atoms with Crippen LogP contribution in [0.1, 0.15) is 245 Å². The lowest BCUT2D eigenvalue weighted by Gasteiger charge is -2.20. The number of amides is 1. The average Bonchev–Trinajstić information content (AvgIpc) is 3.15. The van der Waals surface area contributed by atoms with Gasteiger partial charge in [0.2, 0.25) is 5.91 Å². The minimum absolute atomic E-state index is 0.0709. The third-order valence-electron chi connectivity index (χ3n) is 10.6. The summed E-state index contributed by atoms with van der Waals surface area (Å²) in [4.78, 5) is 12.4. The number of unbranched alkanes of at least 4 members (excludes halogenated alkanes) is 31. The monoisotopic (exact) mass is 730 g/mol. The zero-order valence-corrected chi connectivity index (χ0v) is 35.1. The molecule has 306 valence electrons. The van der Waals surface area contributed by atoms with Crippen LogP contribution < -0.4 is 5.32 Å². The van der Waals surface area contributed by atoms with Crippen LogP contribution in [0.3, 0.4) is 0 Å². The van der Waals surface area contributed by atoms with Crippen LogP contribution in [0.5, 0.6) is 0 Å². The summed E-state index contributed by atoms with van der Waals surface area (Å²) in [6.45, 7) is 4.29. The number of aliphatic hydroxyl groups is 2. The van der Waals surface area contributed by atoms with Gasteiger partial charge in [0.05, 0.1) is 18.8 Å². The van der Waals surface area contributed by atoms with Crippen LogP contribution in [0.2, 0.25) is 0 Å². The molecule has 4 nitrogen and oxygen atoms in total. The van der Waals surface area contributed by atoms with Crippen molar-refractivity contribution in [3.8, 4) is 0 Å². The lowest BCUT2D eigenvalue weighted by atomic mass is 10.0. The summed E-state index contributed by atoms with van der Waals surface area (Å²) in [5.41, 5.74) is 0. The maximum Gasteiger partial charge on any atom is 0.220 e. The molecule has 0 rings (SSSR count). The Morgan fingerprint density at radius 1 is 0.462 bits per heavy atom. The fraction of sp³-hybridized carbons (Fsp3) is 0.854. The van der Waals surface area contributed by atoms with Gasteiger partial charge in [0.1, 0.15) is 0 Å². The Morgan fingerprint density at radius 2 is 0.788 bits per heavy atom. The van der Waals surface area contributed by atoms with E-state index in [2.05, 4.69) is 43.5 Å². The molecule has 0 bridgehead atoms. The van der Waals surface area contributed by atoms with Crippen LogP contribution in [0.15, 0.2) is 36.5 Å². The molecule has 4 heteroatoms. The number of aliphatic hydroxyl groups excluding tert-OH is 2. The second-order valence-electron chi connectivity index (χ2n) is 15.8. The largest absolute Gasteiger partial charge is 0.394 e. The lowest BCUT2D eigenvalue weighted by molar-refractivity contribution is -0.123. The van der Waals surface area contributed by atoms with E-state index in [1.165, 1.54) is 193 Å². The van der Waals surface area contributed by atoms with Crippen molar-refractivity contribution < 1.29 is 15.0 Å². The summed E-state index contributed by atoms with van der Waals surface area (Å²) in [6.07, 6.45) is 58.3. The number of allylic oxidation sites excluding steroid dienone is 5. The summed E-state index contributed by atoms with van der Waals surface area (Å²) in [6, 6.07) is -0.626. The summed E-state index contributed by atoms with van der Waals surface area (Å²) < 4.78 is 0. The van der Waals surface area contributed by atoms with Crippen LogP contribution in [0.4, 0.5) is 0 Å². The Bertz CT molecular complexity index is 790. The molecule has 0 aromatic rings. The van der Waals surface area contributed by atoms with E-state index in [0.29, 0.717) is 6.42 Å². The highest BCUT2D eigenvalue weighted by atomic mass is 16.3. The maximum absolute atomic E-state index is 12.4. The summed E-state index contributed by atoms with van der Waals surface area (Å²) >= 11 is 0. The summed E-state index contributed by atoms with van der Waals surface area (Å²) in [7, 11) is 0. The Kier molecular flexibility index (Phi) is 42.8. The van der Waals surface area contributed by atoms with Crippen molar-refractivity contribution in [2.45, 2.75) is 257 Å². The van der Waals surface area contributed by atoms with Gasteiger partial charge in [-0.1, -0.05) is 224 Å². The second-order valence-corrected chi connectivity index (χ2v) is 15.8. The van der Waals surface area contributed by atoms with E-state index in [1.807, 2.05) is 6.08 Å². The van der Waals surface area contributed by atoms with Gasteiger partial charge in [0.15, 0.2) is 0 Å². The molecule has 0 heterocycles. The van der Waals surface area contributed by atoms with Crippen molar-refractivity contribution in [2.24, 2.45) is 0 Å². The number of carbonyl (C=O) groups excluding carboxylic acids is 1. The van der Waals surface area contributed by atoms with E-state index in [0.717, 1.165) is 32.1 Å². The highest BCUT2D eigenvalue weighted by Crippen LogP contribution is 2.16. The van der Waals surface area contributed by atoms with Crippen molar-refractivity contribution in [2.75, 3.05) is 6.61 Å². The van der Waals surface area contributed by atoms with E-state index in [4.69, 9.17) is 0 Å². The zero-order valence-electron chi connectivity index (χ0n) is 35.1. The first-order valence-electron chi connectivity index (χ1n) is 23.2. The van der Waals surface area contributed by atoms with Gasteiger partial charge in [-0.15, -0.1) is 0 Å². The molecular formula is C48H91NO3. The molecule has 0 aliphatic heterocycles. The van der Waals surface area contributed by atoms with Crippen LogP contribution in [0, 0.1) is 0 Å². The topological polar surface area (TPSA) is 69.6 Å². The van der Waals surface area contributed by atoms with Gasteiger partial charge < -0.3 is 15.5 Å². The summed E-state index contributed by atoms with van der Waals surface area (Å²) in [5, 5.41) is 23.1. The van der Waals surface area contributed by atoms with Crippen LogP contribution >= 0.6 is 0 Å². The molecule has 2 atom stereocenters. The van der Waals surface area contributed by atoms with Crippen molar-refractivity contribution in [3.63, 3.8) is 0 Å². The molecule has 0 aliphatic rings. The van der Waals surface area contributed by atoms with Crippen molar-refractivity contribution >= 4 is 5.91 Å². The molecule has 0 saturated heterocycles. The van der Waals surface area contributed by atoms with E-state index >= 15 is 0 Å². The molecule has 0 aromatic heterocycles. The Morgan fingerprint density at radius 3 is 1.19 bits per heavy atom. The van der Waals surface area contributed by atoms with E-state index < -0.39 is 12.1 Å². The summed E-state index contributed by atoms with van der Waals surface area (Å²) in [5.74, 6) is -0.0709. The third-order valence-corrected chi connectivity index (χ3v) is 10.6. The van der Waals surface area contributed by atoms with Crippen molar-refractivity contribution in [1.29, 1.82) is 0 Å². The molecule has 0 aromatic carbocycles. The number of hydrogen-bond donors (Lipinski definition) is 3. The molecule has 0 spiro atoms. The Labute approximate surface area is 325 Å². The number of hydrogen-bond acceptors (Lipinski definition) is 3. The van der Waals surface area contributed by atoms with E-state index in [-0.39, 0.29) is 12.5 Å². The Balaban J connectivity index is 3.55. The molecular weight excluding hydrogens is 639 g/mol. The van der Waals surface area contributed by atoms with Crippen LogP contribution in [0.25, 0.3) is 0 Å². The van der Waals surface area contributed by atoms with Gasteiger partial charge in [0, 0.05) is 6.42 Å². The second kappa shape index (κ2) is 44.0. The van der Waals surface area contributed by atoms with Gasteiger partial charge in [0.25, 0.3) is 0 Å². The van der Waals surface area contributed by atoms with Gasteiger partial charge in [-0.25, -0.2) is 0 Å². The SMILES string of the molecule is CCCCC/C=C\C/C=C\CCCCCCCCCC(=O)NC(CO)C(O)/C=C/CCCCCCCCCCCCCCCCCCCCCCC. The van der Waals surface area contributed by atoms with Crippen molar-refractivity contribution in [3.05, 3.63) is 36.5 Å². The van der Waals surface area contributed by atoms with Crippen LogP contribution in [-0.2, 0) is 4.79 Å². The fourth-order valence-corrected chi connectivity index (χ4v) is 7.03. The van der Waals surface area contributed by atoms with E-state index in [9.17, 15) is 15.0 Å². The van der Waals surface area contributed by atoms with Crippen LogP contribution in [-0.4, -0.2) is 34.9 Å². The van der Waals surface area contributed by atoms with E-state index in [1.54, 1.807) is 6.08 Å². The lowest BCUT2D eigenvalue weighted by Crippen LogP contribution is -2.45. The highest BCUT2D eigenvalue weighted by Gasteiger charge is 2.17. The van der Waals surface area contributed by atoms with Gasteiger partial charge in [-0.05, 0) is 51.4 Å². The first-order valence-corrected chi connectivity index (χ1v) is 23.2. The number of nitrogens with one attached hydrogen (secondary N) is 1. The molecule has 0 saturated carbocycles. The number of carbonyl (C=O) groups is 1. The first kappa shape index (κ1) is 50.6. The van der Waals surface area contributed by atoms with Gasteiger partial charge in [-0.2, -0.15) is 0 Å². The van der Waals surface area contributed by atoms with Crippen molar-refractivity contribution in [1.82, 2.24) is 5.32 Å². The average molecular weight is 730 g/mol. The highest BCUT2D eigenvalue weighted by molar-refractivity contribution is 5.76. The molecule has 1 amide bonds. The number of rotatable bonds is 42. The molecule has 0 radical (unpaired) electrons. The maximum atomic E-state index is 12.4. The standard InChI is InChI=1S/C48H91NO3/c1-3-5-7-9-11-13-15-17-19-21-22-23-24-25-26-28-29-31-33-35-37-39-41-43-47(51)46(45-50)49-48(52)44-42-40-38-36-34-32-30-27-20-18-16-14-12-10-8-6-4-2/h12,14,18,20,41,43,46-47,50-51H,3-11,13,15-17,19,21-40,42,44-45H2,1-2H3,(H,49,52)/b14-12-,20-18-,43-41+. The Hall–Kier alpha value is -1.39.